The largest absolute Gasteiger partial charge is 0.493 e. The number of methoxy groups -OCH3 is 2. The molecule has 0 aliphatic carbocycles. The van der Waals surface area contributed by atoms with Gasteiger partial charge in [-0.3, -0.25) is 4.79 Å². The van der Waals surface area contributed by atoms with E-state index >= 15 is 0 Å². The highest BCUT2D eigenvalue weighted by atomic mass is 32.1. The van der Waals surface area contributed by atoms with Gasteiger partial charge in [-0.1, -0.05) is 24.3 Å². The second-order valence-corrected chi connectivity index (χ2v) is 9.21. The molecule has 0 spiro atoms. The molecule has 2 aromatic carbocycles. The summed E-state index contributed by atoms with van der Waals surface area (Å²) in [6.07, 6.45) is 0.692. The zero-order chi connectivity index (χ0) is 24.2. The van der Waals surface area contributed by atoms with Crippen LogP contribution in [-0.4, -0.2) is 48.4 Å². The molecule has 0 aliphatic heterocycles. The van der Waals surface area contributed by atoms with Gasteiger partial charge in [0.05, 0.1) is 24.8 Å². The van der Waals surface area contributed by atoms with Gasteiger partial charge >= 0.3 is 0 Å². The summed E-state index contributed by atoms with van der Waals surface area (Å²) in [5.74, 6) is 1.30. The first-order chi connectivity index (χ1) is 16.4. The molecule has 0 saturated heterocycles. The Labute approximate surface area is 204 Å². The van der Waals surface area contributed by atoms with Gasteiger partial charge in [0, 0.05) is 13.6 Å². The fraction of sp³-hybridized carbons (Fsp3) is 0.259. The predicted octanol–water partition coefficient (Wildman–Crippen LogP) is 5.55. The molecule has 4 aromatic rings. The van der Waals surface area contributed by atoms with E-state index in [4.69, 9.17) is 14.6 Å². The number of hydrogen-bond donors (Lipinski definition) is 0. The van der Waals surface area contributed by atoms with E-state index in [9.17, 15) is 4.79 Å². The van der Waals surface area contributed by atoms with Gasteiger partial charge in [-0.25, -0.2) is 4.68 Å². The third kappa shape index (κ3) is 4.84. The van der Waals surface area contributed by atoms with E-state index in [1.165, 1.54) is 0 Å². The van der Waals surface area contributed by atoms with Crippen LogP contribution in [0.2, 0.25) is 0 Å². The van der Waals surface area contributed by atoms with Crippen LogP contribution < -0.4 is 9.47 Å². The van der Waals surface area contributed by atoms with E-state index in [1.54, 1.807) is 35.1 Å². The first kappa shape index (κ1) is 23.6. The summed E-state index contributed by atoms with van der Waals surface area (Å²) < 4.78 is 12.5. The number of amides is 1. The van der Waals surface area contributed by atoms with Gasteiger partial charge in [0.1, 0.15) is 11.4 Å². The van der Waals surface area contributed by atoms with Crippen molar-refractivity contribution < 1.29 is 14.3 Å². The van der Waals surface area contributed by atoms with E-state index < -0.39 is 0 Å². The minimum absolute atomic E-state index is 0.0725. The lowest BCUT2D eigenvalue weighted by Gasteiger charge is -2.19. The van der Waals surface area contributed by atoms with Crippen molar-refractivity contribution in [3.63, 3.8) is 0 Å². The van der Waals surface area contributed by atoms with Gasteiger partial charge in [0.15, 0.2) is 11.5 Å². The molecule has 2 aromatic heterocycles. The summed E-state index contributed by atoms with van der Waals surface area (Å²) in [7, 11) is 5.07. The summed E-state index contributed by atoms with van der Waals surface area (Å²) in [4.78, 5) is 16.4. The van der Waals surface area contributed by atoms with Crippen molar-refractivity contribution in [2.75, 3.05) is 27.8 Å². The van der Waals surface area contributed by atoms with Crippen molar-refractivity contribution in [3.05, 3.63) is 82.4 Å². The van der Waals surface area contributed by atoms with Gasteiger partial charge in [0.2, 0.25) is 0 Å². The lowest BCUT2D eigenvalue weighted by molar-refractivity contribution is 0.0787. The van der Waals surface area contributed by atoms with Crippen LogP contribution in [0, 0.1) is 13.8 Å². The minimum Gasteiger partial charge on any atom is -0.493 e. The Balaban J connectivity index is 1.62. The van der Waals surface area contributed by atoms with Gasteiger partial charge in [0.25, 0.3) is 5.91 Å². The molecule has 4 rings (SSSR count). The monoisotopic (exact) mass is 475 g/mol. The fourth-order valence-electron chi connectivity index (χ4n) is 3.84. The van der Waals surface area contributed by atoms with Crippen LogP contribution in [0.1, 0.15) is 27.2 Å². The Bertz CT molecular complexity index is 1290. The highest BCUT2D eigenvalue weighted by Gasteiger charge is 2.22. The van der Waals surface area contributed by atoms with Crippen LogP contribution >= 0.6 is 11.3 Å². The molecule has 7 heteroatoms. The van der Waals surface area contributed by atoms with Crippen LogP contribution in [0.5, 0.6) is 11.5 Å². The van der Waals surface area contributed by atoms with Crippen molar-refractivity contribution in [2.24, 2.45) is 0 Å². The smallest absolute Gasteiger partial charge is 0.272 e. The maximum absolute atomic E-state index is 13.6. The number of rotatable bonds is 8. The normalized spacial score (nSPS) is 10.9. The molecule has 6 nitrogen and oxygen atoms in total. The Kier molecular flexibility index (Phi) is 7.03. The Hall–Kier alpha value is -3.58. The number of carbonyl (C=O) groups is 1. The van der Waals surface area contributed by atoms with Crippen LogP contribution in [0.3, 0.4) is 0 Å². The number of nitrogens with zero attached hydrogens (tertiary/aromatic N) is 3. The molecule has 34 heavy (non-hydrogen) atoms. The molecule has 176 valence electrons. The third-order valence-corrected chi connectivity index (χ3v) is 6.72. The van der Waals surface area contributed by atoms with Crippen LogP contribution in [0.15, 0.2) is 60.0 Å². The van der Waals surface area contributed by atoms with Gasteiger partial charge in [-0.05, 0) is 72.7 Å². The first-order valence-electron chi connectivity index (χ1n) is 11.1. The standard InChI is InChI=1S/C27H29N3O3S/c1-18-8-9-19(2)22(15-18)30-23(17-21(28-30)26-7-6-14-34-26)27(31)29(3)13-12-20-10-11-24(32-4)25(16-20)33-5/h6-11,14-17H,12-13H2,1-5H3. The van der Waals surface area contributed by atoms with Crippen molar-refractivity contribution in [2.45, 2.75) is 20.3 Å². The summed E-state index contributed by atoms with van der Waals surface area (Å²) in [5.41, 5.74) is 5.51. The molecular weight excluding hydrogens is 446 g/mol. The number of thiophene rings is 1. The molecule has 0 bridgehead atoms. The molecule has 0 fully saturated rings. The summed E-state index contributed by atoms with van der Waals surface area (Å²) in [6.45, 7) is 4.64. The van der Waals surface area contributed by atoms with Crippen molar-refractivity contribution in [3.8, 4) is 27.8 Å². The average Bonchev–Trinajstić information content (AvgIpc) is 3.53. The molecule has 0 aliphatic rings. The van der Waals surface area contributed by atoms with Crippen LogP contribution in [-0.2, 0) is 6.42 Å². The quantitative estimate of drug-likeness (QED) is 0.335. The second kappa shape index (κ2) is 10.1. The molecule has 1 amide bonds. The third-order valence-electron chi connectivity index (χ3n) is 5.83. The SMILES string of the molecule is COc1ccc(CCN(C)C(=O)c2cc(-c3cccs3)nn2-c2cc(C)ccc2C)cc1OC. The fourth-order valence-corrected chi connectivity index (χ4v) is 4.52. The molecule has 0 saturated carbocycles. The lowest BCUT2D eigenvalue weighted by Crippen LogP contribution is -2.30. The van der Waals surface area contributed by atoms with E-state index in [2.05, 4.69) is 18.2 Å². The zero-order valence-corrected chi connectivity index (χ0v) is 21.0. The number of hydrogen-bond acceptors (Lipinski definition) is 5. The van der Waals surface area contributed by atoms with E-state index in [0.717, 1.165) is 32.9 Å². The van der Waals surface area contributed by atoms with Crippen LogP contribution in [0.25, 0.3) is 16.3 Å². The van der Waals surface area contributed by atoms with E-state index in [1.807, 2.05) is 62.7 Å². The molecule has 0 atom stereocenters. The summed E-state index contributed by atoms with van der Waals surface area (Å²) >= 11 is 1.61. The topological polar surface area (TPSA) is 56.6 Å². The second-order valence-electron chi connectivity index (χ2n) is 8.26. The van der Waals surface area contributed by atoms with E-state index in [0.29, 0.717) is 30.2 Å². The molecule has 0 radical (unpaired) electrons. The maximum Gasteiger partial charge on any atom is 0.272 e. The first-order valence-corrected chi connectivity index (χ1v) is 12.0. The zero-order valence-electron chi connectivity index (χ0n) is 20.2. The van der Waals surface area contributed by atoms with Gasteiger partial charge in [-0.15, -0.1) is 11.3 Å². The average molecular weight is 476 g/mol. The molecule has 2 heterocycles. The summed E-state index contributed by atoms with van der Waals surface area (Å²) in [6, 6.07) is 17.9. The number of carbonyl (C=O) groups excluding carboxylic acids is 1. The predicted molar refractivity (Wildman–Crippen MR) is 137 cm³/mol. The Morgan fingerprint density at radius 3 is 2.53 bits per heavy atom. The Morgan fingerprint density at radius 2 is 1.82 bits per heavy atom. The number of ether oxygens (including phenoxy) is 2. The van der Waals surface area contributed by atoms with Gasteiger partial charge in [-0.2, -0.15) is 5.10 Å². The minimum atomic E-state index is -0.0725. The highest BCUT2D eigenvalue weighted by Crippen LogP contribution is 2.29. The highest BCUT2D eigenvalue weighted by molar-refractivity contribution is 7.13. The number of likely N-dealkylation sites (N-methyl/N-ethyl adjacent to an activating group) is 1. The lowest BCUT2D eigenvalue weighted by atomic mass is 10.1. The van der Waals surface area contributed by atoms with Crippen molar-refractivity contribution in [1.82, 2.24) is 14.7 Å². The molecule has 0 unspecified atom stereocenters. The van der Waals surface area contributed by atoms with E-state index in [-0.39, 0.29) is 5.91 Å². The number of aromatic nitrogens is 2. The van der Waals surface area contributed by atoms with Gasteiger partial charge < -0.3 is 14.4 Å². The number of benzene rings is 2. The maximum atomic E-state index is 13.6. The van der Waals surface area contributed by atoms with Crippen LogP contribution in [0.4, 0.5) is 0 Å². The molecular formula is C27H29N3O3S. The molecule has 0 N–H and O–H groups in total. The number of aryl methyl sites for hydroxylation is 2. The summed E-state index contributed by atoms with van der Waals surface area (Å²) in [5, 5.41) is 6.85. The van der Waals surface area contributed by atoms with Crippen molar-refractivity contribution >= 4 is 17.2 Å². The Morgan fingerprint density at radius 1 is 1.03 bits per heavy atom. The van der Waals surface area contributed by atoms with Crippen molar-refractivity contribution in [1.29, 1.82) is 0 Å².